The SMILES string of the molecule is CCOC(=O)c1ccn(C(C)C)c1C1=Cc2cc(OC)ccc2-c2c(C3CCCCC3)c3ccc(C(=O)NS(=O)C(C)C)cc3n2C1. The minimum Gasteiger partial charge on any atom is -0.497 e. The lowest BCUT2D eigenvalue weighted by molar-refractivity contribution is 0.0525. The molecule has 1 fully saturated rings. The smallest absolute Gasteiger partial charge is 0.340 e. The molecule has 1 unspecified atom stereocenters. The van der Waals surface area contributed by atoms with Crippen LogP contribution >= 0.6 is 0 Å². The van der Waals surface area contributed by atoms with Crippen LogP contribution in [0, 0.1) is 0 Å². The van der Waals surface area contributed by atoms with E-state index < -0.39 is 11.0 Å². The molecular weight excluding hydrogens is 611 g/mol. The second kappa shape index (κ2) is 13.6. The van der Waals surface area contributed by atoms with Crippen molar-refractivity contribution in [2.75, 3.05) is 13.7 Å². The molecule has 248 valence electrons. The number of fused-ring (bicyclic) bond motifs is 5. The molecule has 1 amide bonds. The Bertz CT molecular complexity index is 1890. The van der Waals surface area contributed by atoms with E-state index in [1.54, 1.807) is 7.11 Å². The Kier molecular flexibility index (Phi) is 9.46. The van der Waals surface area contributed by atoms with Crippen LogP contribution in [0.5, 0.6) is 5.75 Å². The van der Waals surface area contributed by atoms with Crippen LogP contribution in [0.15, 0.2) is 48.7 Å². The molecule has 0 spiro atoms. The van der Waals surface area contributed by atoms with Gasteiger partial charge in [0.2, 0.25) is 0 Å². The van der Waals surface area contributed by atoms with Crippen molar-refractivity contribution in [3.63, 3.8) is 0 Å². The van der Waals surface area contributed by atoms with Crippen LogP contribution in [0.2, 0.25) is 0 Å². The number of methoxy groups -OCH3 is 1. The number of carbonyl (C=O) groups is 2. The van der Waals surface area contributed by atoms with Crippen molar-refractivity contribution in [3.8, 4) is 17.0 Å². The van der Waals surface area contributed by atoms with Gasteiger partial charge in [0, 0.05) is 39.5 Å². The van der Waals surface area contributed by atoms with Gasteiger partial charge >= 0.3 is 5.97 Å². The summed E-state index contributed by atoms with van der Waals surface area (Å²) in [6.07, 6.45) is 9.96. The van der Waals surface area contributed by atoms with Crippen LogP contribution in [0.25, 0.3) is 33.8 Å². The van der Waals surface area contributed by atoms with Gasteiger partial charge in [0.05, 0.1) is 37.2 Å². The third-order valence-corrected chi connectivity index (χ3v) is 10.7. The molecule has 1 atom stereocenters. The normalized spacial score (nSPS) is 15.6. The minimum absolute atomic E-state index is 0.0953. The van der Waals surface area contributed by atoms with E-state index in [-0.39, 0.29) is 29.8 Å². The molecule has 47 heavy (non-hydrogen) atoms. The van der Waals surface area contributed by atoms with Crippen LogP contribution in [-0.2, 0) is 22.3 Å². The van der Waals surface area contributed by atoms with E-state index in [4.69, 9.17) is 9.47 Å². The molecule has 1 aliphatic heterocycles. The van der Waals surface area contributed by atoms with Gasteiger partial charge in [-0.3, -0.25) is 9.52 Å². The van der Waals surface area contributed by atoms with Crippen LogP contribution < -0.4 is 9.46 Å². The number of amides is 1. The monoisotopic (exact) mass is 655 g/mol. The lowest BCUT2D eigenvalue weighted by Gasteiger charge is -2.24. The fourth-order valence-electron chi connectivity index (χ4n) is 7.18. The Labute approximate surface area is 279 Å². The molecule has 1 saturated carbocycles. The summed E-state index contributed by atoms with van der Waals surface area (Å²) >= 11 is 0. The molecule has 0 radical (unpaired) electrons. The maximum Gasteiger partial charge on any atom is 0.340 e. The first-order valence-corrected chi connectivity index (χ1v) is 18.0. The number of hydrogen-bond acceptors (Lipinski definition) is 5. The summed E-state index contributed by atoms with van der Waals surface area (Å²) in [5.74, 6) is 0.420. The molecule has 2 aliphatic rings. The number of hydrogen-bond donors (Lipinski definition) is 1. The maximum atomic E-state index is 13.4. The van der Waals surface area contributed by atoms with Crippen LogP contribution in [0.3, 0.4) is 0 Å². The summed E-state index contributed by atoms with van der Waals surface area (Å²) in [7, 11) is 0.187. The van der Waals surface area contributed by atoms with E-state index in [1.807, 2.05) is 51.2 Å². The second-order valence-corrected chi connectivity index (χ2v) is 14.9. The summed E-state index contributed by atoms with van der Waals surface area (Å²) in [6.45, 7) is 10.4. The summed E-state index contributed by atoms with van der Waals surface area (Å²) in [5, 5.41) is 0.929. The van der Waals surface area contributed by atoms with E-state index in [9.17, 15) is 13.8 Å². The number of nitrogens with zero attached hydrogens (tertiary/aromatic N) is 2. The van der Waals surface area contributed by atoms with E-state index in [1.165, 1.54) is 24.8 Å². The number of nitrogens with one attached hydrogen (secondary N) is 1. The van der Waals surface area contributed by atoms with E-state index in [0.29, 0.717) is 23.6 Å². The van der Waals surface area contributed by atoms with Gasteiger partial charge in [0.1, 0.15) is 16.7 Å². The summed E-state index contributed by atoms with van der Waals surface area (Å²) in [5.41, 5.74) is 8.26. The molecule has 6 rings (SSSR count). The zero-order valence-corrected chi connectivity index (χ0v) is 29.0. The average Bonchev–Trinajstić information content (AvgIpc) is 3.60. The average molecular weight is 656 g/mol. The van der Waals surface area contributed by atoms with Gasteiger partial charge < -0.3 is 18.6 Å². The number of ether oxygens (including phenoxy) is 2. The van der Waals surface area contributed by atoms with Gasteiger partial charge in [0.25, 0.3) is 5.91 Å². The van der Waals surface area contributed by atoms with E-state index in [2.05, 4.69) is 52.0 Å². The highest BCUT2D eigenvalue weighted by Crippen LogP contribution is 2.48. The fraction of sp³-hybridized carbons (Fsp3) is 0.421. The van der Waals surface area contributed by atoms with E-state index in [0.717, 1.165) is 57.6 Å². The first kappa shape index (κ1) is 32.8. The Morgan fingerprint density at radius 3 is 2.45 bits per heavy atom. The number of aromatic nitrogens is 2. The molecule has 0 bridgehead atoms. The molecule has 0 saturated heterocycles. The van der Waals surface area contributed by atoms with Crippen molar-refractivity contribution in [3.05, 3.63) is 76.6 Å². The highest BCUT2D eigenvalue weighted by atomic mass is 32.2. The number of esters is 1. The fourth-order valence-corrected chi connectivity index (χ4v) is 7.72. The molecule has 1 N–H and O–H groups in total. The van der Waals surface area contributed by atoms with Gasteiger partial charge in [-0.05, 0) is 113 Å². The first-order valence-electron chi connectivity index (χ1n) is 16.8. The van der Waals surface area contributed by atoms with Gasteiger partial charge in [-0.15, -0.1) is 0 Å². The zero-order valence-electron chi connectivity index (χ0n) is 28.2. The molecule has 1 aliphatic carbocycles. The quantitative estimate of drug-likeness (QED) is 0.183. The van der Waals surface area contributed by atoms with Gasteiger partial charge in [-0.25, -0.2) is 9.00 Å². The topological polar surface area (TPSA) is 91.6 Å². The Morgan fingerprint density at radius 1 is 1.00 bits per heavy atom. The number of benzene rings is 2. The molecule has 9 heteroatoms. The standard InChI is InChI=1S/C38H45N3O5S/c1-7-46-38(43)32-17-18-40(23(2)3)35(32)28-19-27-20-29(45-6)14-16-30(27)36-34(25-11-9-8-10-12-25)31-15-13-26(21-33(31)41(36)22-28)37(42)39-47(44)24(4)5/h13-21,23-25H,7-12,22H2,1-6H3,(H,39,42). The van der Waals surface area contributed by atoms with Crippen molar-refractivity contribution in [2.24, 2.45) is 0 Å². The van der Waals surface area contributed by atoms with Crippen molar-refractivity contribution in [2.45, 2.75) is 90.5 Å². The minimum atomic E-state index is -1.49. The molecule has 4 aromatic rings. The summed E-state index contributed by atoms with van der Waals surface area (Å²) in [4.78, 5) is 26.7. The van der Waals surface area contributed by atoms with E-state index >= 15 is 0 Å². The van der Waals surface area contributed by atoms with Gasteiger partial charge in [-0.1, -0.05) is 25.3 Å². The van der Waals surface area contributed by atoms with Gasteiger partial charge in [-0.2, -0.15) is 0 Å². The third-order valence-electron chi connectivity index (χ3n) is 9.44. The number of carbonyl (C=O) groups excluding carboxylic acids is 2. The first-order chi connectivity index (χ1) is 22.6. The molecule has 2 aromatic heterocycles. The largest absolute Gasteiger partial charge is 0.497 e. The molecule has 2 aromatic carbocycles. The Balaban J connectivity index is 1.64. The van der Waals surface area contributed by atoms with Gasteiger partial charge in [0.15, 0.2) is 0 Å². The van der Waals surface area contributed by atoms with Crippen molar-refractivity contribution in [1.29, 1.82) is 0 Å². The zero-order chi connectivity index (χ0) is 33.4. The lowest BCUT2D eigenvalue weighted by Crippen LogP contribution is -2.30. The number of rotatable bonds is 9. The van der Waals surface area contributed by atoms with Crippen molar-refractivity contribution < 1.29 is 23.3 Å². The second-order valence-electron chi connectivity index (χ2n) is 13.1. The predicted molar refractivity (Wildman–Crippen MR) is 189 cm³/mol. The predicted octanol–water partition coefficient (Wildman–Crippen LogP) is 8.28. The highest BCUT2D eigenvalue weighted by molar-refractivity contribution is 7.84. The highest BCUT2D eigenvalue weighted by Gasteiger charge is 2.32. The lowest BCUT2D eigenvalue weighted by atomic mass is 9.81. The number of allylic oxidation sites excluding steroid dienone is 1. The summed E-state index contributed by atoms with van der Waals surface area (Å²) < 4.78 is 30.9. The Morgan fingerprint density at radius 2 is 1.77 bits per heavy atom. The molecule has 3 heterocycles. The van der Waals surface area contributed by atoms with Crippen LogP contribution in [0.4, 0.5) is 0 Å². The third kappa shape index (κ3) is 6.18. The maximum absolute atomic E-state index is 13.4. The Hall–Kier alpha value is -4.11. The van der Waals surface area contributed by atoms with Crippen molar-refractivity contribution in [1.82, 2.24) is 13.9 Å². The van der Waals surface area contributed by atoms with Crippen LogP contribution in [-0.4, -0.2) is 44.2 Å². The van der Waals surface area contributed by atoms with Crippen molar-refractivity contribution >= 4 is 45.4 Å². The molecule has 8 nitrogen and oxygen atoms in total. The van der Waals surface area contributed by atoms with Crippen LogP contribution in [0.1, 0.15) is 116 Å². The molecular formula is C38H45N3O5S. The summed E-state index contributed by atoms with van der Waals surface area (Å²) in [6, 6.07) is 14.0.